The lowest BCUT2D eigenvalue weighted by atomic mass is 9.48. The Morgan fingerprint density at radius 1 is 1.05 bits per heavy atom. The topological polar surface area (TPSA) is 23.5 Å². The molecule has 114 valence electrons. The number of likely N-dealkylation sites (N-methyl/N-ethyl adjacent to an activating group) is 1. The monoisotopic (exact) mass is 277 g/mol. The van der Waals surface area contributed by atoms with Crippen LogP contribution in [-0.4, -0.2) is 35.7 Å². The minimum absolute atomic E-state index is 0.0606. The second-order valence-corrected chi connectivity index (χ2v) is 8.59. The maximum absolute atomic E-state index is 11.0. The summed E-state index contributed by atoms with van der Waals surface area (Å²) < 4.78 is 0. The average Bonchev–Trinajstić information content (AvgIpc) is 3.20. The lowest BCUT2D eigenvalue weighted by molar-refractivity contribution is -0.126. The molecule has 0 amide bonds. The van der Waals surface area contributed by atoms with Crippen LogP contribution in [0.4, 0.5) is 0 Å². The van der Waals surface area contributed by atoms with E-state index in [-0.39, 0.29) is 6.10 Å². The van der Waals surface area contributed by atoms with Gasteiger partial charge in [0.05, 0.1) is 6.10 Å². The van der Waals surface area contributed by atoms with Gasteiger partial charge < -0.3 is 10.0 Å². The van der Waals surface area contributed by atoms with Crippen molar-refractivity contribution in [1.82, 2.24) is 4.90 Å². The summed E-state index contributed by atoms with van der Waals surface area (Å²) in [7, 11) is 0. The maximum Gasteiger partial charge on any atom is 0.0723 e. The van der Waals surface area contributed by atoms with Gasteiger partial charge in [-0.1, -0.05) is 6.92 Å². The average molecular weight is 277 g/mol. The fourth-order valence-electron chi connectivity index (χ4n) is 6.02. The predicted octanol–water partition coefficient (Wildman–Crippen LogP) is 3.30. The van der Waals surface area contributed by atoms with E-state index in [1.54, 1.807) is 0 Å². The molecule has 0 spiro atoms. The fraction of sp³-hybridized carbons (Fsp3) is 1.00. The van der Waals surface area contributed by atoms with Crippen LogP contribution in [0.15, 0.2) is 0 Å². The van der Waals surface area contributed by atoms with Crippen LogP contribution in [0.5, 0.6) is 0 Å². The van der Waals surface area contributed by atoms with Crippen LogP contribution in [0.2, 0.25) is 0 Å². The van der Waals surface area contributed by atoms with Gasteiger partial charge in [0.1, 0.15) is 0 Å². The first-order valence-electron chi connectivity index (χ1n) is 9.07. The molecular weight excluding hydrogens is 246 g/mol. The summed E-state index contributed by atoms with van der Waals surface area (Å²) in [4.78, 5) is 2.53. The van der Waals surface area contributed by atoms with Crippen LogP contribution in [0.25, 0.3) is 0 Å². The molecule has 1 N–H and O–H groups in total. The summed E-state index contributed by atoms with van der Waals surface area (Å²) in [6.07, 6.45) is 11.2. The van der Waals surface area contributed by atoms with E-state index in [1.807, 2.05) is 0 Å². The summed E-state index contributed by atoms with van der Waals surface area (Å²) in [6.45, 7) is 5.55. The highest BCUT2D eigenvalue weighted by Gasteiger charge is 2.54. The molecule has 0 heterocycles. The molecule has 0 aromatic heterocycles. The molecule has 1 atom stereocenters. The van der Waals surface area contributed by atoms with Gasteiger partial charge in [0, 0.05) is 13.1 Å². The molecule has 5 fully saturated rings. The van der Waals surface area contributed by atoms with E-state index in [4.69, 9.17) is 0 Å². The zero-order chi connectivity index (χ0) is 13.7. The molecular formula is C18H31NO. The van der Waals surface area contributed by atoms with E-state index in [1.165, 1.54) is 57.9 Å². The van der Waals surface area contributed by atoms with Crippen LogP contribution >= 0.6 is 0 Å². The first kappa shape index (κ1) is 13.6. The summed E-state index contributed by atoms with van der Waals surface area (Å²) in [5.41, 5.74) is 0.311. The van der Waals surface area contributed by atoms with Gasteiger partial charge in [-0.3, -0.25) is 0 Å². The first-order valence-corrected chi connectivity index (χ1v) is 9.07. The second kappa shape index (κ2) is 4.98. The third-order valence-electron chi connectivity index (χ3n) is 6.88. The zero-order valence-electron chi connectivity index (χ0n) is 13.1. The summed E-state index contributed by atoms with van der Waals surface area (Å²) in [5, 5.41) is 11.0. The van der Waals surface area contributed by atoms with Gasteiger partial charge in [-0.2, -0.15) is 0 Å². The fourth-order valence-corrected chi connectivity index (χ4v) is 6.02. The van der Waals surface area contributed by atoms with Gasteiger partial charge in [0.2, 0.25) is 0 Å². The van der Waals surface area contributed by atoms with Gasteiger partial charge in [0.25, 0.3) is 0 Å². The molecule has 5 saturated carbocycles. The highest BCUT2D eigenvalue weighted by Crippen LogP contribution is 2.61. The van der Waals surface area contributed by atoms with Crippen molar-refractivity contribution in [1.29, 1.82) is 0 Å². The third kappa shape index (κ3) is 2.43. The quantitative estimate of drug-likeness (QED) is 0.805. The van der Waals surface area contributed by atoms with Crippen molar-refractivity contribution in [3.05, 3.63) is 0 Å². The molecule has 0 saturated heterocycles. The summed E-state index contributed by atoms with van der Waals surface area (Å²) in [5.74, 6) is 3.80. The van der Waals surface area contributed by atoms with Crippen LogP contribution < -0.4 is 0 Å². The van der Waals surface area contributed by atoms with Crippen molar-refractivity contribution in [3.8, 4) is 0 Å². The Labute approximate surface area is 123 Å². The lowest BCUT2D eigenvalue weighted by Gasteiger charge is -2.58. The minimum atomic E-state index is -0.0606. The van der Waals surface area contributed by atoms with Crippen molar-refractivity contribution in [2.75, 3.05) is 19.6 Å². The van der Waals surface area contributed by atoms with Crippen molar-refractivity contribution >= 4 is 0 Å². The Morgan fingerprint density at radius 3 is 2.05 bits per heavy atom. The Morgan fingerprint density at radius 2 is 1.60 bits per heavy atom. The van der Waals surface area contributed by atoms with E-state index in [9.17, 15) is 5.11 Å². The van der Waals surface area contributed by atoms with Crippen molar-refractivity contribution in [2.24, 2.45) is 29.1 Å². The van der Waals surface area contributed by atoms with Gasteiger partial charge in [-0.15, -0.1) is 0 Å². The predicted molar refractivity (Wildman–Crippen MR) is 81.4 cm³/mol. The number of hydrogen-bond donors (Lipinski definition) is 1. The molecule has 2 heteroatoms. The largest absolute Gasteiger partial charge is 0.391 e. The van der Waals surface area contributed by atoms with E-state index >= 15 is 0 Å². The highest BCUT2D eigenvalue weighted by atomic mass is 16.3. The Bertz CT molecular complexity index is 327. The van der Waals surface area contributed by atoms with E-state index in [2.05, 4.69) is 11.8 Å². The number of rotatable bonds is 6. The summed E-state index contributed by atoms with van der Waals surface area (Å²) in [6, 6.07) is 0. The molecule has 5 aliphatic carbocycles. The minimum Gasteiger partial charge on any atom is -0.391 e. The molecule has 4 bridgehead atoms. The maximum atomic E-state index is 11.0. The van der Waals surface area contributed by atoms with Crippen molar-refractivity contribution in [2.45, 2.75) is 64.4 Å². The van der Waals surface area contributed by atoms with E-state index in [0.717, 1.165) is 36.8 Å². The van der Waals surface area contributed by atoms with Crippen LogP contribution in [0.1, 0.15) is 58.3 Å². The van der Waals surface area contributed by atoms with Gasteiger partial charge >= 0.3 is 0 Å². The van der Waals surface area contributed by atoms with Crippen molar-refractivity contribution in [3.63, 3.8) is 0 Å². The van der Waals surface area contributed by atoms with Gasteiger partial charge in [-0.25, -0.2) is 0 Å². The van der Waals surface area contributed by atoms with Gasteiger partial charge in [-0.05, 0) is 87.0 Å². The molecule has 5 aliphatic rings. The van der Waals surface area contributed by atoms with Crippen LogP contribution in [0.3, 0.4) is 0 Å². The smallest absolute Gasteiger partial charge is 0.0723 e. The second-order valence-electron chi connectivity index (χ2n) is 8.59. The molecule has 2 nitrogen and oxygen atoms in total. The molecule has 20 heavy (non-hydrogen) atoms. The van der Waals surface area contributed by atoms with Crippen molar-refractivity contribution < 1.29 is 5.11 Å². The normalized spacial score (nSPS) is 44.2. The zero-order valence-corrected chi connectivity index (χ0v) is 13.1. The molecule has 0 aliphatic heterocycles. The lowest BCUT2D eigenvalue weighted by Crippen LogP contribution is -2.54. The third-order valence-corrected chi connectivity index (χ3v) is 6.88. The highest BCUT2D eigenvalue weighted by molar-refractivity contribution is 5.04. The summed E-state index contributed by atoms with van der Waals surface area (Å²) >= 11 is 0. The van der Waals surface area contributed by atoms with E-state index < -0.39 is 0 Å². The molecule has 0 aromatic rings. The SMILES string of the molecule is CCN(CC1CC1)CC(O)C12CC3CC(CC(C3)C1)C2. The standard InChI is InChI=1S/C18H31NO/c1-2-19(11-13-3-4-13)12-17(20)18-8-14-5-15(9-18)7-16(6-14)10-18/h13-17,20H,2-12H2,1H3. The molecule has 1 unspecified atom stereocenters. The Kier molecular flexibility index (Phi) is 3.38. The van der Waals surface area contributed by atoms with Crippen LogP contribution in [0, 0.1) is 29.1 Å². The molecule has 5 rings (SSSR count). The number of aliphatic hydroxyl groups is 1. The van der Waals surface area contributed by atoms with Gasteiger partial charge in [0.15, 0.2) is 0 Å². The Hall–Kier alpha value is -0.0800. The number of nitrogens with zero attached hydrogens (tertiary/aromatic N) is 1. The molecule has 0 aromatic carbocycles. The Balaban J connectivity index is 1.42. The van der Waals surface area contributed by atoms with Crippen LogP contribution in [-0.2, 0) is 0 Å². The van der Waals surface area contributed by atoms with E-state index in [0.29, 0.717) is 5.41 Å². The number of hydrogen-bond acceptors (Lipinski definition) is 2. The number of aliphatic hydroxyl groups excluding tert-OH is 1. The first-order chi connectivity index (χ1) is 9.67. The molecule has 0 radical (unpaired) electrons.